The van der Waals surface area contributed by atoms with E-state index in [0.717, 1.165) is 27.9 Å². The standard InChI is InChI=1S/C25H24N6S/c1-15-14-32-23-8-7-18(10-21(15)23)22-11-24(29-16(2)28-22)30-25(26)19-6-4-5-17(9-19)20-12-27-31(3)13-20/h4-14,25H,26H2,1-3H3,(H,28,29,30). The minimum Gasteiger partial charge on any atom is -0.351 e. The number of aromatic nitrogens is 4. The molecule has 6 nitrogen and oxygen atoms in total. The lowest BCUT2D eigenvalue weighted by atomic mass is 10.0. The molecule has 0 fully saturated rings. The van der Waals surface area contributed by atoms with Gasteiger partial charge in [0.15, 0.2) is 0 Å². The fourth-order valence-corrected chi connectivity index (χ4v) is 4.75. The zero-order valence-corrected chi connectivity index (χ0v) is 19.0. The van der Waals surface area contributed by atoms with E-state index in [4.69, 9.17) is 5.73 Å². The van der Waals surface area contributed by atoms with Gasteiger partial charge in [0.25, 0.3) is 0 Å². The van der Waals surface area contributed by atoms with E-state index < -0.39 is 6.17 Å². The third-order valence-electron chi connectivity index (χ3n) is 5.49. The Hall–Kier alpha value is -3.55. The van der Waals surface area contributed by atoms with Gasteiger partial charge >= 0.3 is 0 Å². The minimum absolute atomic E-state index is 0.407. The lowest BCUT2D eigenvalue weighted by Gasteiger charge is -2.17. The van der Waals surface area contributed by atoms with Crippen molar-refractivity contribution in [1.82, 2.24) is 19.7 Å². The first kappa shape index (κ1) is 20.4. The number of thiophene rings is 1. The molecule has 3 heterocycles. The number of hydrogen-bond acceptors (Lipinski definition) is 6. The van der Waals surface area contributed by atoms with Crippen molar-refractivity contribution in [1.29, 1.82) is 0 Å². The van der Waals surface area contributed by atoms with Crippen LogP contribution in [-0.4, -0.2) is 19.7 Å². The molecule has 0 aliphatic carbocycles. The molecule has 0 saturated heterocycles. The van der Waals surface area contributed by atoms with Crippen molar-refractivity contribution in [2.45, 2.75) is 20.0 Å². The SMILES string of the molecule is Cc1nc(NC(N)c2cccc(-c3cnn(C)c3)c2)cc(-c2ccc3scc(C)c3c2)n1. The van der Waals surface area contributed by atoms with Crippen LogP contribution in [0.25, 0.3) is 32.5 Å². The third kappa shape index (κ3) is 4.00. The highest BCUT2D eigenvalue weighted by atomic mass is 32.1. The molecule has 5 rings (SSSR count). The first-order valence-corrected chi connectivity index (χ1v) is 11.3. The van der Waals surface area contributed by atoms with Crippen molar-refractivity contribution >= 4 is 27.2 Å². The van der Waals surface area contributed by atoms with Gasteiger partial charge in [-0.1, -0.05) is 24.3 Å². The lowest BCUT2D eigenvalue weighted by Crippen LogP contribution is -2.21. The summed E-state index contributed by atoms with van der Waals surface area (Å²) in [7, 11) is 1.91. The Morgan fingerprint density at radius 2 is 1.88 bits per heavy atom. The summed E-state index contributed by atoms with van der Waals surface area (Å²) in [5.41, 5.74) is 12.8. The molecule has 160 valence electrons. The summed E-state index contributed by atoms with van der Waals surface area (Å²) < 4.78 is 3.08. The molecule has 1 unspecified atom stereocenters. The van der Waals surface area contributed by atoms with Gasteiger partial charge in [-0.2, -0.15) is 5.10 Å². The summed E-state index contributed by atoms with van der Waals surface area (Å²) in [6.45, 7) is 4.04. The van der Waals surface area contributed by atoms with Crippen molar-refractivity contribution in [2.24, 2.45) is 12.8 Å². The Morgan fingerprint density at radius 3 is 2.69 bits per heavy atom. The number of anilines is 1. The maximum Gasteiger partial charge on any atom is 0.131 e. The van der Waals surface area contributed by atoms with Crippen LogP contribution in [0.4, 0.5) is 5.82 Å². The highest BCUT2D eigenvalue weighted by Gasteiger charge is 2.12. The number of rotatable bonds is 5. The fourth-order valence-electron chi connectivity index (χ4n) is 3.83. The molecule has 3 aromatic heterocycles. The van der Waals surface area contributed by atoms with E-state index in [1.165, 1.54) is 15.6 Å². The average Bonchev–Trinajstić information content (AvgIpc) is 3.39. The average molecular weight is 441 g/mol. The largest absolute Gasteiger partial charge is 0.351 e. The van der Waals surface area contributed by atoms with Gasteiger partial charge in [0.2, 0.25) is 0 Å². The molecule has 0 aliphatic rings. The second-order valence-electron chi connectivity index (χ2n) is 7.97. The summed E-state index contributed by atoms with van der Waals surface area (Å²) in [6, 6.07) is 16.6. The van der Waals surface area contributed by atoms with E-state index >= 15 is 0 Å². The summed E-state index contributed by atoms with van der Waals surface area (Å²) >= 11 is 1.76. The van der Waals surface area contributed by atoms with Crippen LogP contribution in [-0.2, 0) is 7.05 Å². The molecular weight excluding hydrogens is 416 g/mol. The van der Waals surface area contributed by atoms with Crippen LogP contribution < -0.4 is 11.1 Å². The number of nitrogens with two attached hydrogens (primary N) is 1. The Morgan fingerprint density at radius 1 is 1.00 bits per heavy atom. The van der Waals surface area contributed by atoms with Gasteiger partial charge in [0, 0.05) is 35.1 Å². The summed E-state index contributed by atoms with van der Waals surface area (Å²) in [4.78, 5) is 9.23. The van der Waals surface area contributed by atoms with Gasteiger partial charge in [-0.3, -0.25) is 4.68 Å². The molecule has 0 amide bonds. The summed E-state index contributed by atoms with van der Waals surface area (Å²) in [6.07, 6.45) is 3.43. The molecule has 7 heteroatoms. The number of aryl methyl sites for hydroxylation is 3. The molecule has 0 radical (unpaired) electrons. The minimum atomic E-state index is -0.407. The van der Waals surface area contributed by atoms with Gasteiger partial charge in [-0.15, -0.1) is 11.3 Å². The maximum absolute atomic E-state index is 6.51. The topological polar surface area (TPSA) is 81.6 Å². The van der Waals surface area contributed by atoms with E-state index in [1.54, 1.807) is 16.0 Å². The van der Waals surface area contributed by atoms with Gasteiger partial charge < -0.3 is 11.1 Å². The Labute approximate surface area is 190 Å². The Bertz CT molecular complexity index is 1420. The number of fused-ring (bicyclic) bond motifs is 1. The zero-order valence-electron chi connectivity index (χ0n) is 18.2. The smallest absolute Gasteiger partial charge is 0.131 e. The van der Waals surface area contributed by atoms with Crippen LogP contribution in [0.5, 0.6) is 0 Å². The van der Waals surface area contributed by atoms with Gasteiger partial charge in [0.05, 0.1) is 11.9 Å². The highest BCUT2D eigenvalue weighted by Crippen LogP contribution is 2.31. The number of nitrogens with zero attached hydrogens (tertiary/aromatic N) is 4. The Kier molecular flexibility index (Phi) is 5.20. The predicted octanol–water partition coefficient (Wildman–Crippen LogP) is 5.45. The van der Waals surface area contributed by atoms with Crippen LogP contribution in [0.15, 0.2) is 66.3 Å². The van der Waals surface area contributed by atoms with Gasteiger partial charge in [-0.05, 0) is 59.5 Å². The maximum atomic E-state index is 6.51. The monoisotopic (exact) mass is 440 g/mol. The van der Waals surface area contributed by atoms with E-state index in [-0.39, 0.29) is 0 Å². The molecule has 0 aliphatic heterocycles. The van der Waals surface area contributed by atoms with Crippen molar-refractivity contribution < 1.29 is 0 Å². The molecule has 0 spiro atoms. The second kappa shape index (κ2) is 8.18. The summed E-state index contributed by atoms with van der Waals surface area (Å²) in [5, 5.41) is 11.1. The molecule has 0 bridgehead atoms. The first-order chi connectivity index (χ1) is 15.5. The molecule has 5 aromatic rings. The van der Waals surface area contributed by atoms with E-state index in [9.17, 15) is 0 Å². The van der Waals surface area contributed by atoms with Crippen LogP contribution in [0.2, 0.25) is 0 Å². The van der Waals surface area contributed by atoms with Crippen molar-refractivity contribution in [3.05, 3.63) is 83.3 Å². The van der Waals surface area contributed by atoms with Crippen molar-refractivity contribution in [3.8, 4) is 22.4 Å². The first-order valence-electron chi connectivity index (χ1n) is 10.4. The normalized spacial score (nSPS) is 12.2. The number of benzene rings is 2. The van der Waals surface area contributed by atoms with Crippen LogP contribution >= 0.6 is 11.3 Å². The molecule has 0 saturated carbocycles. The van der Waals surface area contributed by atoms with E-state index in [2.05, 4.69) is 63.0 Å². The number of hydrogen-bond donors (Lipinski definition) is 2. The van der Waals surface area contributed by atoms with E-state index in [0.29, 0.717) is 11.6 Å². The fraction of sp³-hybridized carbons (Fsp3) is 0.160. The molecule has 32 heavy (non-hydrogen) atoms. The van der Waals surface area contributed by atoms with Gasteiger partial charge in [0.1, 0.15) is 17.8 Å². The van der Waals surface area contributed by atoms with Crippen molar-refractivity contribution in [3.63, 3.8) is 0 Å². The molecule has 3 N–H and O–H groups in total. The summed E-state index contributed by atoms with van der Waals surface area (Å²) in [5.74, 6) is 1.40. The van der Waals surface area contributed by atoms with Crippen LogP contribution in [0.3, 0.4) is 0 Å². The molecular formula is C25H24N6S. The molecule has 2 aromatic carbocycles. The number of nitrogens with one attached hydrogen (secondary N) is 1. The second-order valence-corrected chi connectivity index (χ2v) is 8.88. The lowest BCUT2D eigenvalue weighted by molar-refractivity contribution is 0.768. The van der Waals surface area contributed by atoms with Crippen molar-refractivity contribution in [2.75, 3.05) is 5.32 Å². The zero-order chi connectivity index (χ0) is 22.2. The highest BCUT2D eigenvalue weighted by molar-refractivity contribution is 7.17. The van der Waals surface area contributed by atoms with Gasteiger partial charge in [-0.25, -0.2) is 9.97 Å². The van der Waals surface area contributed by atoms with Crippen LogP contribution in [0, 0.1) is 13.8 Å². The predicted molar refractivity (Wildman–Crippen MR) is 132 cm³/mol. The quantitative estimate of drug-likeness (QED) is 0.355. The third-order valence-corrected chi connectivity index (χ3v) is 6.57. The molecule has 1 atom stereocenters. The van der Waals surface area contributed by atoms with Crippen LogP contribution in [0.1, 0.15) is 23.1 Å². The Balaban J connectivity index is 1.43. The van der Waals surface area contributed by atoms with E-state index in [1.807, 2.05) is 44.6 Å².